The average molecular weight is 185 g/mol. The van der Waals surface area contributed by atoms with Gasteiger partial charge < -0.3 is 10.0 Å². The Bertz CT molecular complexity index is 162. The van der Waals surface area contributed by atoms with Crippen LogP contribution in [-0.2, 0) is 0 Å². The van der Waals surface area contributed by atoms with Crippen LogP contribution in [0, 0.1) is 5.41 Å². The first kappa shape index (κ1) is 11.0. The molecule has 0 aromatic carbocycles. The molecule has 1 saturated carbocycles. The molecular formula is C11H23NO. The normalized spacial score (nSPS) is 30.0. The van der Waals surface area contributed by atoms with Crippen LogP contribution in [0.3, 0.4) is 0 Å². The van der Waals surface area contributed by atoms with E-state index in [1.165, 1.54) is 6.42 Å². The molecular weight excluding hydrogens is 162 g/mol. The second-order valence-corrected chi connectivity index (χ2v) is 5.54. The Labute approximate surface area is 81.9 Å². The minimum absolute atomic E-state index is 0.0904. The number of aliphatic hydroxyl groups is 1. The average Bonchev–Trinajstić information content (AvgIpc) is 2.30. The van der Waals surface area contributed by atoms with Gasteiger partial charge >= 0.3 is 0 Å². The van der Waals surface area contributed by atoms with E-state index < -0.39 is 0 Å². The molecule has 0 heterocycles. The SMILES string of the molecule is CN(CC(C)(C)C)[C@H]1CCC[C@@H]1O. The van der Waals surface area contributed by atoms with Gasteiger partial charge in [0.1, 0.15) is 0 Å². The number of rotatable bonds is 2. The first-order valence-corrected chi connectivity index (χ1v) is 5.28. The second-order valence-electron chi connectivity index (χ2n) is 5.54. The van der Waals surface area contributed by atoms with Crippen molar-refractivity contribution >= 4 is 0 Å². The summed E-state index contributed by atoms with van der Waals surface area (Å²) in [7, 11) is 2.13. The molecule has 0 amide bonds. The van der Waals surface area contributed by atoms with Crippen LogP contribution in [0.25, 0.3) is 0 Å². The largest absolute Gasteiger partial charge is 0.391 e. The monoisotopic (exact) mass is 185 g/mol. The van der Waals surface area contributed by atoms with Crippen LogP contribution in [0.2, 0.25) is 0 Å². The van der Waals surface area contributed by atoms with Gasteiger partial charge in [-0.2, -0.15) is 0 Å². The quantitative estimate of drug-likeness (QED) is 0.710. The summed E-state index contributed by atoms with van der Waals surface area (Å²) in [5.41, 5.74) is 0.330. The van der Waals surface area contributed by atoms with Crippen LogP contribution in [-0.4, -0.2) is 35.7 Å². The van der Waals surface area contributed by atoms with Crippen molar-refractivity contribution in [3.05, 3.63) is 0 Å². The molecule has 0 spiro atoms. The molecule has 2 atom stereocenters. The Balaban J connectivity index is 2.43. The summed E-state index contributed by atoms with van der Waals surface area (Å²) in [5, 5.41) is 9.71. The van der Waals surface area contributed by atoms with Gasteiger partial charge in [-0.15, -0.1) is 0 Å². The maximum atomic E-state index is 9.71. The van der Waals surface area contributed by atoms with Crippen LogP contribution < -0.4 is 0 Å². The maximum Gasteiger partial charge on any atom is 0.0695 e. The fraction of sp³-hybridized carbons (Fsp3) is 1.00. The van der Waals surface area contributed by atoms with Crippen molar-refractivity contribution in [1.29, 1.82) is 0 Å². The number of hydrogen-bond donors (Lipinski definition) is 1. The van der Waals surface area contributed by atoms with Gasteiger partial charge in [-0.05, 0) is 31.7 Å². The Morgan fingerprint density at radius 3 is 2.31 bits per heavy atom. The van der Waals surface area contributed by atoms with Crippen molar-refractivity contribution in [2.45, 2.75) is 52.2 Å². The van der Waals surface area contributed by atoms with E-state index in [-0.39, 0.29) is 6.10 Å². The van der Waals surface area contributed by atoms with Gasteiger partial charge in [-0.1, -0.05) is 20.8 Å². The Morgan fingerprint density at radius 2 is 1.92 bits per heavy atom. The molecule has 1 aliphatic rings. The van der Waals surface area contributed by atoms with Gasteiger partial charge in [0, 0.05) is 12.6 Å². The second kappa shape index (κ2) is 3.97. The summed E-state index contributed by atoms with van der Waals surface area (Å²) in [5.74, 6) is 0. The predicted molar refractivity (Wildman–Crippen MR) is 55.7 cm³/mol. The fourth-order valence-electron chi connectivity index (χ4n) is 2.30. The van der Waals surface area contributed by atoms with E-state index in [0.29, 0.717) is 11.5 Å². The highest BCUT2D eigenvalue weighted by molar-refractivity contribution is 4.85. The number of nitrogens with zero attached hydrogens (tertiary/aromatic N) is 1. The molecule has 0 aromatic rings. The van der Waals surface area contributed by atoms with Gasteiger partial charge in [-0.3, -0.25) is 0 Å². The summed E-state index contributed by atoms with van der Waals surface area (Å²) < 4.78 is 0. The zero-order chi connectivity index (χ0) is 10.1. The molecule has 0 radical (unpaired) electrons. The number of hydrogen-bond acceptors (Lipinski definition) is 2. The van der Waals surface area contributed by atoms with E-state index >= 15 is 0 Å². The number of aliphatic hydroxyl groups excluding tert-OH is 1. The molecule has 1 fully saturated rings. The minimum Gasteiger partial charge on any atom is -0.391 e. The zero-order valence-corrected chi connectivity index (χ0v) is 9.38. The van der Waals surface area contributed by atoms with E-state index in [0.717, 1.165) is 19.4 Å². The van der Waals surface area contributed by atoms with Gasteiger partial charge in [0.25, 0.3) is 0 Å². The topological polar surface area (TPSA) is 23.5 Å². The highest BCUT2D eigenvalue weighted by Crippen LogP contribution is 2.25. The van der Waals surface area contributed by atoms with Crippen molar-refractivity contribution < 1.29 is 5.11 Å². The Kier molecular flexibility index (Phi) is 3.36. The van der Waals surface area contributed by atoms with E-state index in [1.807, 2.05) is 0 Å². The maximum absolute atomic E-state index is 9.71. The third kappa shape index (κ3) is 3.28. The van der Waals surface area contributed by atoms with Crippen molar-refractivity contribution in [3.8, 4) is 0 Å². The molecule has 0 unspecified atom stereocenters. The lowest BCUT2D eigenvalue weighted by molar-refractivity contribution is 0.0678. The van der Waals surface area contributed by atoms with Crippen molar-refractivity contribution in [2.75, 3.05) is 13.6 Å². The standard InChI is InChI=1S/C11H23NO/c1-11(2,3)8-12(4)9-6-5-7-10(9)13/h9-10,13H,5-8H2,1-4H3/t9-,10-/m0/s1. The lowest BCUT2D eigenvalue weighted by atomic mass is 9.95. The molecule has 0 saturated heterocycles. The Morgan fingerprint density at radius 1 is 1.31 bits per heavy atom. The van der Waals surface area contributed by atoms with Gasteiger partial charge in [-0.25, -0.2) is 0 Å². The summed E-state index contributed by atoms with van der Waals surface area (Å²) in [6, 6.07) is 0.402. The van der Waals surface area contributed by atoms with Crippen LogP contribution in [0.1, 0.15) is 40.0 Å². The summed E-state index contributed by atoms with van der Waals surface area (Å²) in [6.07, 6.45) is 3.24. The fourth-order valence-corrected chi connectivity index (χ4v) is 2.30. The van der Waals surface area contributed by atoms with Gasteiger partial charge in [0.05, 0.1) is 6.10 Å². The lowest BCUT2D eigenvalue weighted by Crippen LogP contribution is -2.41. The van der Waals surface area contributed by atoms with Crippen LogP contribution in [0.5, 0.6) is 0 Å². The summed E-state index contributed by atoms with van der Waals surface area (Å²) >= 11 is 0. The highest BCUT2D eigenvalue weighted by Gasteiger charge is 2.30. The van der Waals surface area contributed by atoms with Gasteiger partial charge in [0.2, 0.25) is 0 Å². The molecule has 1 N–H and O–H groups in total. The van der Waals surface area contributed by atoms with Gasteiger partial charge in [0.15, 0.2) is 0 Å². The Hall–Kier alpha value is -0.0800. The van der Waals surface area contributed by atoms with Crippen LogP contribution in [0.15, 0.2) is 0 Å². The van der Waals surface area contributed by atoms with Crippen LogP contribution in [0.4, 0.5) is 0 Å². The first-order valence-electron chi connectivity index (χ1n) is 5.28. The smallest absolute Gasteiger partial charge is 0.0695 e. The molecule has 1 rings (SSSR count). The molecule has 2 heteroatoms. The third-order valence-corrected chi connectivity index (χ3v) is 2.73. The van der Waals surface area contributed by atoms with Crippen LogP contribution >= 0.6 is 0 Å². The molecule has 0 aliphatic heterocycles. The van der Waals surface area contributed by atoms with E-state index in [4.69, 9.17) is 0 Å². The highest BCUT2D eigenvalue weighted by atomic mass is 16.3. The van der Waals surface area contributed by atoms with Crippen molar-refractivity contribution in [1.82, 2.24) is 4.90 Å². The van der Waals surface area contributed by atoms with E-state index in [1.54, 1.807) is 0 Å². The lowest BCUT2D eigenvalue weighted by Gasteiger charge is -2.32. The zero-order valence-electron chi connectivity index (χ0n) is 9.38. The molecule has 0 bridgehead atoms. The molecule has 0 aromatic heterocycles. The van der Waals surface area contributed by atoms with E-state index in [2.05, 4.69) is 32.7 Å². The first-order chi connectivity index (χ1) is 5.90. The van der Waals surface area contributed by atoms with Crippen molar-refractivity contribution in [2.24, 2.45) is 5.41 Å². The summed E-state index contributed by atoms with van der Waals surface area (Å²) in [4.78, 5) is 2.32. The minimum atomic E-state index is -0.0904. The summed E-state index contributed by atoms with van der Waals surface area (Å²) in [6.45, 7) is 7.79. The molecule has 78 valence electrons. The molecule has 1 aliphatic carbocycles. The number of likely N-dealkylation sites (N-methyl/N-ethyl adjacent to an activating group) is 1. The van der Waals surface area contributed by atoms with Crippen molar-refractivity contribution in [3.63, 3.8) is 0 Å². The molecule has 13 heavy (non-hydrogen) atoms. The molecule has 2 nitrogen and oxygen atoms in total. The predicted octanol–water partition coefficient (Wildman–Crippen LogP) is 1.88. The van der Waals surface area contributed by atoms with E-state index in [9.17, 15) is 5.11 Å². The third-order valence-electron chi connectivity index (χ3n) is 2.73.